The number of hydrogen-bond acceptors (Lipinski definition) is 4. The van der Waals surface area contributed by atoms with Crippen LogP contribution in [0.3, 0.4) is 0 Å². The highest BCUT2D eigenvalue weighted by Crippen LogP contribution is 2.51. The van der Waals surface area contributed by atoms with E-state index >= 15 is 0 Å². The van der Waals surface area contributed by atoms with Gasteiger partial charge in [-0.25, -0.2) is 8.78 Å². The molecule has 2 aliphatic heterocycles. The van der Waals surface area contributed by atoms with Crippen LogP contribution in [0.1, 0.15) is 49.3 Å². The molecule has 1 fully saturated rings. The predicted molar refractivity (Wildman–Crippen MR) is 80.9 cm³/mol. The highest BCUT2D eigenvalue weighted by atomic mass is 32.2. The summed E-state index contributed by atoms with van der Waals surface area (Å²) in [4.78, 5) is -0.0142. The molecular formula is C16H18F4O3S. The quantitative estimate of drug-likeness (QED) is 0.788. The van der Waals surface area contributed by atoms with Gasteiger partial charge in [0, 0.05) is 29.7 Å². The fourth-order valence-electron chi connectivity index (χ4n) is 2.99. The molecule has 134 valence electrons. The van der Waals surface area contributed by atoms with Crippen LogP contribution in [0.2, 0.25) is 0 Å². The molecule has 8 heteroatoms. The summed E-state index contributed by atoms with van der Waals surface area (Å²) in [5.41, 5.74) is -0.603. The zero-order valence-corrected chi connectivity index (χ0v) is 13.6. The molecule has 0 spiro atoms. The molecule has 1 unspecified atom stereocenters. The number of thioether (sulfide) groups is 1. The molecule has 1 saturated heterocycles. The van der Waals surface area contributed by atoms with Gasteiger partial charge in [-0.15, -0.1) is 0 Å². The van der Waals surface area contributed by atoms with Crippen LogP contribution in [0.5, 0.6) is 5.75 Å². The highest BCUT2D eigenvalue weighted by molar-refractivity contribution is 8.00. The van der Waals surface area contributed by atoms with E-state index in [1.165, 1.54) is 12.1 Å². The Morgan fingerprint density at radius 1 is 1.21 bits per heavy atom. The van der Waals surface area contributed by atoms with Gasteiger partial charge in [-0.1, -0.05) is 11.8 Å². The number of fused-ring (bicyclic) bond motifs is 1. The summed E-state index contributed by atoms with van der Waals surface area (Å²) in [6.45, 7) is 0.981. The maximum Gasteiger partial charge on any atom is 0.298 e. The first-order valence-corrected chi connectivity index (χ1v) is 8.63. The van der Waals surface area contributed by atoms with E-state index in [-0.39, 0.29) is 40.5 Å². The van der Waals surface area contributed by atoms with Gasteiger partial charge < -0.3 is 14.6 Å². The first-order chi connectivity index (χ1) is 11.4. The monoisotopic (exact) mass is 366 g/mol. The molecule has 0 amide bonds. The minimum atomic E-state index is -3.09. The molecule has 3 nitrogen and oxygen atoms in total. The molecule has 1 N–H and O–H groups in total. The van der Waals surface area contributed by atoms with E-state index in [4.69, 9.17) is 9.47 Å². The Balaban J connectivity index is 1.99. The fraction of sp³-hybridized carbons (Fsp3) is 0.625. The number of hydrogen-bond donors (Lipinski definition) is 1. The van der Waals surface area contributed by atoms with E-state index in [0.717, 1.165) is 0 Å². The van der Waals surface area contributed by atoms with Gasteiger partial charge in [0.15, 0.2) is 0 Å². The van der Waals surface area contributed by atoms with Gasteiger partial charge in [-0.2, -0.15) is 8.78 Å². The van der Waals surface area contributed by atoms with Crippen molar-refractivity contribution in [2.75, 3.05) is 13.2 Å². The minimum absolute atomic E-state index is 0.0142. The Hall–Kier alpha value is -0.990. The third-order valence-electron chi connectivity index (χ3n) is 4.19. The second kappa shape index (κ2) is 7.09. The topological polar surface area (TPSA) is 38.7 Å². The van der Waals surface area contributed by atoms with Crippen molar-refractivity contribution in [1.29, 1.82) is 0 Å². The number of halogens is 4. The zero-order valence-electron chi connectivity index (χ0n) is 12.8. The van der Waals surface area contributed by atoms with Crippen molar-refractivity contribution < 1.29 is 32.1 Å². The molecule has 1 atom stereocenters. The minimum Gasteiger partial charge on any atom is -0.490 e. The summed E-state index contributed by atoms with van der Waals surface area (Å²) in [6, 6.07) is 2.64. The van der Waals surface area contributed by atoms with Gasteiger partial charge in [0.2, 0.25) is 0 Å². The molecule has 24 heavy (non-hydrogen) atoms. The van der Waals surface area contributed by atoms with Crippen LogP contribution in [0, 0.1) is 0 Å². The van der Waals surface area contributed by atoms with E-state index in [0.29, 0.717) is 26.1 Å². The normalized spacial score (nSPS) is 24.5. The largest absolute Gasteiger partial charge is 0.490 e. The number of alkyl halides is 4. The average molecular weight is 366 g/mol. The van der Waals surface area contributed by atoms with Crippen molar-refractivity contribution in [2.24, 2.45) is 0 Å². The molecule has 0 radical (unpaired) electrons. The van der Waals surface area contributed by atoms with Crippen molar-refractivity contribution in [3.8, 4) is 5.75 Å². The number of benzene rings is 1. The molecule has 3 rings (SSSR count). The van der Waals surface area contributed by atoms with Gasteiger partial charge in [-0.3, -0.25) is 0 Å². The van der Waals surface area contributed by atoms with Crippen LogP contribution in [0.25, 0.3) is 0 Å². The molecule has 0 aliphatic carbocycles. The lowest BCUT2D eigenvalue weighted by atomic mass is 9.98. The van der Waals surface area contributed by atoms with Crippen LogP contribution in [-0.4, -0.2) is 29.7 Å². The highest BCUT2D eigenvalue weighted by Gasteiger charge is 2.39. The van der Waals surface area contributed by atoms with Crippen LogP contribution >= 0.6 is 11.8 Å². The summed E-state index contributed by atoms with van der Waals surface area (Å²) in [5.74, 6) is -0.0412. The van der Waals surface area contributed by atoms with Crippen LogP contribution in [0.4, 0.5) is 17.6 Å². The number of ether oxygens (including phenoxy) is 2. The van der Waals surface area contributed by atoms with Crippen molar-refractivity contribution >= 4 is 11.8 Å². The van der Waals surface area contributed by atoms with Gasteiger partial charge in [0.25, 0.3) is 11.7 Å². The lowest BCUT2D eigenvalue weighted by Crippen LogP contribution is -2.26. The Labute approximate surface area is 141 Å². The van der Waals surface area contributed by atoms with Crippen LogP contribution in [0.15, 0.2) is 17.0 Å². The van der Waals surface area contributed by atoms with Crippen molar-refractivity contribution in [1.82, 2.24) is 0 Å². The van der Waals surface area contributed by atoms with E-state index in [1.807, 2.05) is 0 Å². The summed E-state index contributed by atoms with van der Waals surface area (Å²) >= 11 is 0.223. The van der Waals surface area contributed by atoms with Crippen LogP contribution in [-0.2, 0) is 4.74 Å². The smallest absolute Gasteiger partial charge is 0.298 e. The molecule has 2 aliphatic rings. The first-order valence-electron chi connectivity index (χ1n) is 7.81. The Bertz CT molecular complexity index is 591. The predicted octanol–water partition coefficient (Wildman–Crippen LogP) is 4.69. The average Bonchev–Trinajstić information content (AvgIpc) is 2.65. The Morgan fingerprint density at radius 2 is 1.92 bits per heavy atom. The van der Waals surface area contributed by atoms with Gasteiger partial charge in [0.05, 0.1) is 24.9 Å². The summed E-state index contributed by atoms with van der Waals surface area (Å²) in [6.07, 6.45) is -4.21. The zero-order chi connectivity index (χ0) is 17.3. The van der Waals surface area contributed by atoms with Crippen molar-refractivity contribution in [3.05, 3.63) is 23.3 Å². The third kappa shape index (κ3) is 3.81. The van der Waals surface area contributed by atoms with E-state index in [2.05, 4.69) is 0 Å². The molecular weight excluding hydrogens is 348 g/mol. The number of rotatable bonds is 3. The lowest BCUT2D eigenvalue weighted by molar-refractivity contribution is 0.0230. The lowest BCUT2D eigenvalue weighted by Gasteiger charge is -2.26. The number of aliphatic hydroxyl groups excluding tert-OH is 1. The standard InChI is InChI=1S/C16H18F4O3S/c17-15(18)14-11(23-9-4-7-22-8-5-9)1-2-12-13(14)10(21)3-6-16(19,20)24-12/h1-2,9-10,15,21H,3-8H2. The number of aliphatic hydroxyl groups is 1. The molecule has 1 aromatic rings. The van der Waals surface area contributed by atoms with Crippen LogP contribution < -0.4 is 4.74 Å². The summed E-state index contributed by atoms with van der Waals surface area (Å²) in [5, 5.41) is 7.09. The molecule has 2 heterocycles. The SMILES string of the molecule is OC1CCC(F)(F)Sc2ccc(OC3CCOCC3)c(C(F)F)c21. The Morgan fingerprint density at radius 3 is 2.58 bits per heavy atom. The second-order valence-corrected chi connectivity index (χ2v) is 7.15. The maximum absolute atomic E-state index is 13.7. The fourth-order valence-corrected chi connectivity index (χ4v) is 4.03. The van der Waals surface area contributed by atoms with E-state index < -0.39 is 29.8 Å². The molecule has 0 aromatic heterocycles. The first kappa shape index (κ1) is 17.8. The third-order valence-corrected chi connectivity index (χ3v) is 5.27. The summed E-state index contributed by atoms with van der Waals surface area (Å²) in [7, 11) is 0. The molecule has 1 aromatic carbocycles. The molecule has 0 saturated carbocycles. The van der Waals surface area contributed by atoms with Gasteiger partial charge >= 0.3 is 0 Å². The summed E-state index contributed by atoms with van der Waals surface area (Å²) < 4.78 is 65.7. The van der Waals surface area contributed by atoms with Gasteiger partial charge in [-0.05, 0) is 18.6 Å². The van der Waals surface area contributed by atoms with Crippen molar-refractivity contribution in [2.45, 2.75) is 54.5 Å². The Kier molecular flexibility index (Phi) is 5.27. The molecule has 0 bridgehead atoms. The van der Waals surface area contributed by atoms with E-state index in [9.17, 15) is 22.7 Å². The van der Waals surface area contributed by atoms with Gasteiger partial charge in [0.1, 0.15) is 11.9 Å². The second-order valence-electron chi connectivity index (χ2n) is 5.91. The van der Waals surface area contributed by atoms with E-state index in [1.54, 1.807) is 0 Å². The maximum atomic E-state index is 13.7. The van der Waals surface area contributed by atoms with Crippen molar-refractivity contribution in [3.63, 3.8) is 0 Å².